The number of nitrogens with one attached hydrogen (secondary N) is 3. The summed E-state index contributed by atoms with van der Waals surface area (Å²) in [5.41, 5.74) is 10.8. The lowest BCUT2D eigenvalue weighted by molar-refractivity contribution is 0.116. The molecule has 1 saturated heterocycles. The minimum absolute atomic E-state index is 0.0163. The molecule has 1 aliphatic heterocycles. The van der Waals surface area contributed by atoms with E-state index in [2.05, 4.69) is 26.4 Å². The highest BCUT2D eigenvalue weighted by Gasteiger charge is 2.40. The third kappa shape index (κ3) is 1.05. The SMILES string of the molecule is OC1Cc2cncnc2C2NNNC12. The number of nitrogens with zero attached hydrogens (tertiary/aromatic N) is 2. The molecular formula is C8H11N5O. The third-order valence-corrected chi connectivity index (χ3v) is 2.79. The second-order valence-corrected chi connectivity index (χ2v) is 3.62. The lowest BCUT2D eigenvalue weighted by Crippen LogP contribution is -2.45. The molecule has 74 valence electrons. The lowest BCUT2D eigenvalue weighted by Gasteiger charge is -2.29. The Bertz CT molecular complexity index is 357. The summed E-state index contributed by atoms with van der Waals surface area (Å²) in [5, 5.41) is 9.83. The van der Waals surface area contributed by atoms with Gasteiger partial charge in [-0.15, -0.1) is 0 Å². The quantitative estimate of drug-likeness (QED) is 0.398. The molecule has 3 atom stereocenters. The standard InChI is InChI=1S/C8H11N5O/c14-5-1-4-2-9-3-10-6(4)8-7(5)11-13-12-8/h2-3,5,7-8,11-14H,1H2. The first-order chi connectivity index (χ1) is 6.86. The number of aliphatic hydroxyl groups excluding tert-OH is 1. The Morgan fingerprint density at radius 1 is 1.43 bits per heavy atom. The van der Waals surface area contributed by atoms with Crippen LogP contribution < -0.4 is 16.4 Å². The summed E-state index contributed by atoms with van der Waals surface area (Å²) in [6, 6.07) is 0.00847. The van der Waals surface area contributed by atoms with Gasteiger partial charge in [0.1, 0.15) is 6.33 Å². The molecule has 3 unspecified atom stereocenters. The molecule has 0 spiro atoms. The molecule has 0 aromatic carbocycles. The van der Waals surface area contributed by atoms with Gasteiger partial charge in [0.25, 0.3) is 0 Å². The van der Waals surface area contributed by atoms with Crippen molar-refractivity contribution in [2.45, 2.75) is 24.6 Å². The summed E-state index contributed by atoms with van der Waals surface area (Å²) in [5.74, 6) is 0. The van der Waals surface area contributed by atoms with E-state index >= 15 is 0 Å². The monoisotopic (exact) mass is 193 g/mol. The first-order valence-corrected chi connectivity index (χ1v) is 4.59. The van der Waals surface area contributed by atoms with Crippen LogP contribution in [0.5, 0.6) is 0 Å². The Morgan fingerprint density at radius 3 is 3.29 bits per heavy atom. The molecule has 0 bridgehead atoms. The van der Waals surface area contributed by atoms with Gasteiger partial charge in [0.05, 0.1) is 23.9 Å². The van der Waals surface area contributed by atoms with Crippen molar-refractivity contribution in [2.75, 3.05) is 0 Å². The van der Waals surface area contributed by atoms with E-state index in [9.17, 15) is 5.11 Å². The Kier molecular flexibility index (Phi) is 1.74. The maximum atomic E-state index is 9.83. The van der Waals surface area contributed by atoms with Gasteiger partial charge in [-0.25, -0.2) is 20.8 Å². The molecular weight excluding hydrogens is 182 g/mol. The predicted octanol–water partition coefficient (Wildman–Crippen LogP) is -1.58. The fraction of sp³-hybridized carbons (Fsp3) is 0.500. The van der Waals surface area contributed by atoms with Gasteiger partial charge >= 0.3 is 0 Å². The first kappa shape index (κ1) is 8.25. The molecule has 0 radical (unpaired) electrons. The van der Waals surface area contributed by atoms with E-state index in [0.29, 0.717) is 6.42 Å². The molecule has 0 saturated carbocycles. The number of aromatic nitrogens is 2. The molecule has 6 heteroatoms. The molecule has 2 heterocycles. The maximum absolute atomic E-state index is 9.83. The second-order valence-electron chi connectivity index (χ2n) is 3.62. The number of hydrogen-bond acceptors (Lipinski definition) is 6. The van der Waals surface area contributed by atoms with Crippen LogP contribution in [0, 0.1) is 0 Å². The number of fused-ring (bicyclic) bond motifs is 3. The molecule has 1 fully saturated rings. The van der Waals surface area contributed by atoms with E-state index < -0.39 is 6.10 Å². The van der Waals surface area contributed by atoms with Gasteiger partial charge in [-0.05, 0) is 5.56 Å². The summed E-state index contributed by atoms with van der Waals surface area (Å²) >= 11 is 0. The molecule has 14 heavy (non-hydrogen) atoms. The van der Waals surface area contributed by atoms with E-state index in [1.165, 1.54) is 6.33 Å². The second kappa shape index (κ2) is 2.96. The minimum atomic E-state index is -0.402. The van der Waals surface area contributed by atoms with Crippen LogP contribution in [0.15, 0.2) is 12.5 Å². The number of rotatable bonds is 0. The zero-order valence-corrected chi connectivity index (χ0v) is 7.44. The van der Waals surface area contributed by atoms with Crippen molar-refractivity contribution >= 4 is 0 Å². The summed E-state index contributed by atoms with van der Waals surface area (Å²) in [4.78, 5) is 8.19. The van der Waals surface area contributed by atoms with E-state index in [1.807, 2.05) is 0 Å². The van der Waals surface area contributed by atoms with Crippen molar-refractivity contribution in [3.63, 3.8) is 0 Å². The molecule has 1 aliphatic carbocycles. The van der Waals surface area contributed by atoms with Gasteiger partial charge in [0.15, 0.2) is 0 Å². The van der Waals surface area contributed by atoms with Gasteiger partial charge in [0, 0.05) is 12.6 Å². The average molecular weight is 193 g/mol. The average Bonchev–Trinajstić information content (AvgIpc) is 2.67. The molecule has 0 amide bonds. The van der Waals surface area contributed by atoms with Crippen molar-refractivity contribution in [3.8, 4) is 0 Å². The van der Waals surface area contributed by atoms with Gasteiger partial charge < -0.3 is 5.11 Å². The van der Waals surface area contributed by atoms with Crippen LogP contribution in [-0.4, -0.2) is 27.2 Å². The third-order valence-electron chi connectivity index (χ3n) is 2.79. The summed E-state index contributed by atoms with van der Waals surface area (Å²) in [6.07, 6.45) is 3.50. The van der Waals surface area contributed by atoms with Crippen molar-refractivity contribution < 1.29 is 5.11 Å². The fourth-order valence-corrected chi connectivity index (χ4v) is 2.09. The van der Waals surface area contributed by atoms with Crippen LogP contribution in [0.2, 0.25) is 0 Å². The van der Waals surface area contributed by atoms with Gasteiger partial charge in [-0.1, -0.05) is 0 Å². The Balaban J connectivity index is 2.07. The normalized spacial score (nSPS) is 35.1. The molecule has 3 rings (SSSR count). The highest BCUT2D eigenvalue weighted by Crippen LogP contribution is 2.28. The van der Waals surface area contributed by atoms with Gasteiger partial charge in [-0.2, -0.15) is 5.53 Å². The summed E-state index contributed by atoms with van der Waals surface area (Å²) < 4.78 is 0. The van der Waals surface area contributed by atoms with Crippen LogP contribution in [-0.2, 0) is 6.42 Å². The van der Waals surface area contributed by atoms with Crippen molar-refractivity contribution in [1.29, 1.82) is 0 Å². The van der Waals surface area contributed by atoms with Crippen LogP contribution in [0.25, 0.3) is 0 Å². The topological polar surface area (TPSA) is 82.1 Å². The molecule has 2 aliphatic rings. The predicted molar refractivity (Wildman–Crippen MR) is 47.7 cm³/mol. The molecule has 6 nitrogen and oxygen atoms in total. The zero-order chi connectivity index (χ0) is 9.54. The fourth-order valence-electron chi connectivity index (χ4n) is 2.09. The molecule has 1 aromatic heterocycles. The van der Waals surface area contributed by atoms with Gasteiger partial charge in [0.2, 0.25) is 0 Å². The van der Waals surface area contributed by atoms with E-state index in [1.54, 1.807) is 6.20 Å². The number of hydrazine groups is 2. The Labute approximate surface area is 80.7 Å². The Morgan fingerprint density at radius 2 is 2.36 bits per heavy atom. The molecule has 1 aromatic rings. The lowest BCUT2D eigenvalue weighted by atomic mass is 9.87. The Hall–Kier alpha value is -1.08. The highest BCUT2D eigenvalue weighted by molar-refractivity contribution is 5.27. The van der Waals surface area contributed by atoms with E-state index in [-0.39, 0.29) is 12.1 Å². The van der Waals surface area contributed by atoms with Crippen molar-refractivity contribution in [3.05, 3.63) is 23.8 Å². The van der Waals surface area contributed by atoms with Crippen LogP contribution >= 0.6 is 0 Å². The first-order valence-electron chi connectivity index (χ1n) is 4.59. The molecule has 4 N–H and O–H groups in total. The van der Waals surface area contributed by atoms with Crippen LogP contribution in [0.4, 0.5) is 0 Å². The van der Waals surface area contributed by atoms with Crippen LogP contribution in [0.3, 0.4) is 0 Å². The zero-order valence-electron chi connectivity index (χ0n) is 7.44. The van der Waals surface area contributed by atoms with Crippen molar-refractivity contribution in [1.82, 2.24) is 26.4 Å². The maximum Gasteiger partial charge on any atom is 0.115 e. The van der Waals surface area contributed by atoms with Crippen LogP contribution in [0.1, 0.15) is 17.3 Å². The van der Waals surface area contributed by atoms with E-state index in [4.69, 9.17) is 0 Å². The number of aliphatic hydroxyl groups is 1. The summed E-state index contributed by atoms with van der Waals surface area (Å²) in [6.45, 7) is 0. The van der Waals surface area contributed by atoms with Gasteiger partial charge in [-0.3, -0.25) is 0 Å². The van der Waals surface area contributed by atoms with E-state index in [0.717, 1.165) is 11.3 Å². The number of hydrogen-bond donors (Lipinski definition) is 4. The summed E-state index contributed by atoms with van der Waals surface area (Å²) in [7, 11) is 0. The largest absolute Gasteiger partial charge is 0.391 e. The van der Waals surface area contributed by atoms with Crippen molar-refractivity contribution in [2.24, 2.45) is 0 Å². The highest BCUT2D eigenvalue weighted by atomic mass is 16.3. The smallest absolute Gasteiger partial charge is 0.115 e. The minimum Gasteiger partial charge on any atom is -0.391 e.